The van der Waals surface area contributed by atoms with E-state index in [4.69, 9.17) is 9.78 Å². The molecule has 2 bridgehead atoms. The Kier molecular flexibility index (Phi) is 3.55. The summed E-state index contributed by atoms with van der Waals surface area (Å²) in [6, 6.07) is 17.5. The van der Waals surface area contributed by atoms with E-state index >= 15 is 0 Å². The minimum Gasteiger partial charge on any atom is -0.224 e. The summed E-state index contributed by atoms with van der Waals surface area (Å²) in [5.41, 5.74) is 4.54. The van der Waals surface area contributed by atoms with Gasteiger partial charge in [0.15, 0.2) is 0 Å². The van der Waals surface area contributed by atoms with Crippen LogP contribution in [0.25, 0.3) is 0 Å². The van der Waals surface area contributed by atoms with Crippen molar-refractivity contribution in [3.63, 3.8) is 0 Å². The third-order valence-corrected chi connectivity index (χ3v) is 5.61. The monoisotopic (exact) mass is 308 g/mol. The second kappa shape index (κ2) is 5.47. The van der Waals surface area contributed by atoms with Crippen molar-refractivity contribution in [2.75, 3.05) is 0 Å². The van der Waals surface area contributed by atoms with Crippen molar-refractivity contribution >= 4 is 0 Å². The van der Waals surface area contributed by atoms with Gasteiger partial charge in [-0.1, -0.05) is 59.7 Å². The molecule has 3 aliphatic rings. The van der Waals surface area contributed by atoms with Crippen LogP contribution in [-0.2, 0) is 21.0 Å². The number of aryl methyl sites for hydroxylation is 2. The molecule has 2 aliphatic heterocycles. The third-order valence-electron chi connectivity index (χ3n) is 5.61. The maximum absolute atomic E-state index is 6.10. The number of benzene rings is 2. The first-order valence-corrected chi connectivity index (χ1v) is 8.63. The van der Waals surface area contributed by atoms with Gasteiger partial charge >= 0.3 is 0 Å². The zero-order valence-electron chi connectivity index (χ0n) is 14.0. The van der Waals surface area contributed by atoms with E-state index in [2.05, 4.69) is 62.4 Å². The van der Waals surface area contributed by atoms with Gasteiger partial charge in [0.2, 0.25) is 0 Å². The topological polar surface area (TPSA) is 18.5 Å². The van der Waals surface area contributed by atoms with Crippen molar-refractivity contribution in [1.82, 2.24) is 0 Å². The molecule has 120 valence electrons. The Morgan fingerprint density at radius 2 is 1.00 bits per heavy atom. The van der Waals surface area contributed by atoms with Crippen molar-refractivity contribution < 1.29 is 9.78 Å². The Morgan fingerprint density at radius 3 is 1.35 bits per heavy atom. The highest BCUT2D eigenvalue weighted by Crippen LogP contribution is 2.52. The van der Waals surface area contributed by atoms with Crippen molar-refractivity contribution in [3.8, 4) is 0 Å². The molecule has 0 amide bonds. The molecule has 0 spiro atoms. The van der Waals surface area contributed by atoms with E-state index in [1.165, 1.54) is 22.3 Å². The fraction of sp³-hybridized carbons (Fsp3) is 0.429. The molecule has 2 heterocycles. The summed E-state index contributed by atoms with van der Waals surface area (Å²) in [5, 5.41) is 0. The van der Waals surface area contributed by atoms with Crippen molar-refractivity contribution in [2.24, 2.45) is 0 Å². The van der Waals surface area contributed by atoms with Crippen molar-refractivity contribution in [1.29, 1.82) is 0 Å². The second-order valence-corrected chi connectivity index (χ2v) is 7.24. The SMILES string of the molecule is Cc1ccc(C23CCCC(c4ccc(C)cc4)(CC2)OO3)cc1. The van der Waals surface area contributed by atoms with Gasteiger partial charge in [-0.15, -0.1) is 0 Å². The summed E-state index contributed by atoms with van der Waals surface area (Å²) < 4.78 is 0. The van der Waals surface area contributed by atoms with Crippen LogP contribution in [0.3, 0.4) is 0 Å². The molecule has 1 saturated carbocycles. The molecule has 2 aromatic rings. The van der Waals surface area contributed by atoms with E-state index in [1.807, 2.05) is 0 Å². The maximum atomic E-state index is 6.10. The third kappa shape index (κ3) is 2.50. The summed E-state index contributed by atoms with van der Waals surface area (Å²) in [6.07, 6.45) is 5.23. The molecular weight excluding hydrogens is 284 g/mol. The summed E-state index contributed by atoms with van der Waals surface area (Å²) in [4.78, 5) is 12.2. The first-order valence-electron chi connectivity index (χ1n) is 8.63. The molecule has 0 N–H and O–H groups in total. The standard InChI is InChI=1S/C21H24O2/c1-16-4-8-18(9-5-16)20-12-3-13-21(15-14-20,23-22-20)19-10-6-17(2)7-11-19/h4-11H,3,12-15H2,1-2H3. The number of fused-ring (bicyclic) bond motifs is 4. The summed E-state index contributed by atoms with van der Waals surface area (Å²) in [7, 11) is 0. The molecular formula is C21H24O2. The first-order chi connectivity index (χ1) is 11.1. The van der Waals surface area contributed by atoms with Crippen LogP contribution in [0.5, 0.6) is 0 Å². The Balaban J connectivity index is 1.65. The highest BCUT2D eigenvalue weighted by atomic mass is 17.2. The summed E-state index contributed by atoms with van der Waals surface area (Å²) in [5.74, 6) is 0. The van der Waals surface area contributed by atoms with E-state index in [0.29, 0.717) is 0 Å². The molecule has 2 atom stereocenters. The van der Waals surface area contributed by atoms with E-state index < -0.39 is 0 Å². The Labute approximate surface area is 138 Å². The van der Waals surface area contributed by atoms with Crippen LogP contribution in [0.1, 0.15) is 54.4 Å². The predicted octanol–water partition coefficient (Wildman–Crippen LogP) is 5.32. The lowest BCUT2D eigenvalue weighted by atomic mass is 9.82. The van der Waals surface area contributed by atoms with E-state index in [0.717, 1.165) is 32.1 Å². The number of rotatable bonds is 2. The molecule has 23 heavy (non-hydrogen) atoms. The van der Waals surface area contributed by atoms with Crippen LogP contribution in [-0.4, -0.2) is 0 Å². The van der Waals surface area contributed by atoms with Gasteiger partial charge in [-0.05, 0) is 57.1 Å². The van der Waals surface area contributed by atoms with Crippen LogP contribution < -0.4 is 0 Å². The fourth-order valence-corrected chi connectivity index (χ4v) is 4.03. The van der Waals surface area contributed by atoms with E-state index in [1.54, 1.807) is 0 Å². The molecule has 5 rings (SSSR count). The van der Waals surface area contributed by atoms with Gasteiger partial charge in [0.25, 0.3) is 0 Å². The van der Waals surface area contributed by atoms with Crippen LogP contribution in [0.4, 0.5) is 0 Å². The Morgan fingerprint density at radius 1 is 0.609 bits per heavy atom. The van der Waals surface area contributed by atoms with Crippen LogP contribution in [0.2, 0.25) is 0 Å². The van der Waals surface area contributed by atoms with Crippen LogP contribution in [0.15, 0.2) is 48.5 Å². The summed E-state index contributed by atoms with van der Waals surface area (Å²) >= 11 is 0. The van der Waals surface area contributed by atoms with E-state index in [-0.39, 0.29) is 11.2 Å². The zero-order valence-corrected chi connectivity index (χ0v) is 14.0. The quantitative estimate of drug-likeness (QED) is 0.699. The largest absolute Gasteiger partial charge is 0.224 e. The molecule has 2 nitrogen and oxygen atoms in total. The minimum absolute atomic E-state index is 0.265. The average molecular weight is 308 g/mol. The lowest BCUT2D eigenvalue weighted by Gasteiger charge is -2.42. The van der Waals surface area contributed by atoms with Gasteiger partial charge < -0.3 is 0 Å². The lowest BCUT2D eigenvalue weighted by Crippen LogP contribution is -2.40. The van der Waals surface area contributed by atoms with Crippen molar-refractivity contribution in [2.45, 2.75) is 57.2 Å². The number of hydrogen-bond acceptors (Lipinski definition) is 2. The highest BCUT2D eigenvalue weighted by Gasteiger charge is 2.50. The molecule has 2 heteroatoms. The van der Waals surface area contributed by atoms with Gasteiger partial charge in [-0.2, -0.15) is 0 Å². The zero-order chi connectivity index (χ0) is 15.9. The fourth-order valence-electron chi connectivity index (χ4n) is 4.03. The first kappa shape index (κ1) is 14.9. The molecule has 0 radical (unpaired) electrons. The summed E-state index contributed by atoms with van der Waals surface area (Å²) in [6.45, 7) is 4.24. The van der Waals surface area contributed by atoms with Gasteiger partial charge in [-0.3, -0.25) is 0 Å². The predicted molar refractivity (Wildman–Crippen MR) is 91.0 cm³/mol. The average Bonchev–Trinajstić information content (AvgIpc) is 2.88. The van der Waals surface area contributed by atoms with Gasteiger partial charge in [0, 0.05) is 0 Å². The molecule has 2 unspecified atom stereocenters. The second-order valence-electron chi connectivity index (χ2n) is 7.24. The van der Waals surface area contributed by atoms with Gasteiger partial charge in [0.05, 0.1) is 0 Å². The van der Waals surface area contributed by atoms with E-state index in [9.17, 15) is 0 Å². The smallest absolute Gasteiger partial charge is 0.129 e. The lowest BCUT2D eigenvalue weighted by molar-refractivity contribution is -0.444. The van der Waals surface area contributed by atoms with Crippen LogP contribution in [0, 0.1) is 13.8 Å². The molecule has 2 aromatic carbocycles. The molecule has 3 fully saturated rings. The normalized spacial score (nSPS) is 30.2. The van der Waals surface area contributed by atoms with Gasteiger partial charge in [0.1, 0.15) is 11.2 Å². The van der Waals surface area contributed by atoms with Crippen LogP contribution >= 0.6 is 0 Å². The molecule has 0 aromatic heterocycles. The molecule has 2 saturated heterocycles. The van der Waals surface area contributed by atoms with Gasteiger partial charge in [-0.25, -0.2) is 9.78 Å². The molecule has 1 aliphatic carbocycles. The van der Waals surface area contributed by atoms with Crippen molar-refractivity contribution in [3.05, 3.63) is 70.8 Å². The Bertz CT molecular complexity index is 615. The maximum Gasteiger partial charge on any atom is 0.129 e. The number of hydrogen-bond donors (Lipinski definition) is 0. The highest BCUT2D eigenvalue weighted by molar-refractivity contribution is 5.31. The Hall–Kier alpha value is -1.64. The minimum atomic E-state index is -0.265.